The molecule has 77 valence electrons. The van der Waals surface area contributed by atoms with Crippen LogP contribution in [-0.2, 0) is 0 Å². The average molecular weight is 183 g/mol. The zero-order valence-corrected chi connectivity index (χ0v) is 8.97. The molecule has 0 saturated heterocycles. The maximum Gasteiger partial charge on any atom is 0.0519 e. The predicted molar refractivity (Wildman–Crippen MR) is 57.2 cm³/mol. The Kier molecular flexibility index (Phi) is 4.74. The first kappa shape index (κ1) is 11.0. The van der Waals surface area contributed by atoms with E-state index in [1.165, 1.54) is 38.5 Å². The van der Waals surface area contributed by atoms with Gasteiger partial charge in [0.15, 0.2) is 0 Å². The Bertz CT molecular complexity index is 128. The molecule has 0 heterocycles. The highest BCUT2D eigenvalue weighted by Crippen LogP contribution is 2.29. The van der Waals surface area contributed by atoms with E-state index in [1.807, 2.05) is 6.92 Å². The highest BCUT2D eigenvalue weighted by atomic mass is 15.0. The standard InChI is InChI=1S/C11H23N2/c1-3-11(13-9(2)12)10-7-5-4-6-8-10/h9,11,13H,3-8,12H2,1-2H3. The Balaban J connectivity index is 2.34. The maximum atomic E-state index is 5.75. The molecule has 2 nitrogen and oxygen atoms in total. The quantitative estimate of drug-likeness (QED) is 0.656. The van der Waals surface area contributed by atoms with Crippen LogP contribution in [0.5, 0.6) is 0 Å². The SMILES string of the molecule is CCC(NC(C)N)[C]1CCCCC1. The first-order chi connectivity index (χ1) is 6.24. The van der Waals surface area contributed by atoms with Gasteiger partial charge in [-0.15, -0.1) is 0 Å². The molecule has 13 heavy (non-hydrogen) atoms. The molecule has 1 rings (SSSR count). The van der Waals surface area contributed by atoms with Gasteiger partial charge in [0, 0.05) is 6.04 Å². The summed E-state index contributed by atoms with van der Waals surface area (Å²) in [5.74, 6) is 1.70. The molecule has 1 fully saturated rings. The molecule has 0 aromatic rings. The molecule has 0 aliphatic heterocycles. The van der Waals surface area contributed by atoms with Gasteiger partial charge in [-0.25, -0.2) is 0 Å². The molecule has 0 aromatic carbocycles. The van der Waals surface area contributed by atoms with E-state index >= 15 is 0 Å². The molecule has 1 aliphatic carbocycles. The summed E-state index contributed by atoms with van der Waals surface area (Å²) in [5, 5.41) is 3.44. The van der Waals surface area contributed by atoms with Crippen LogP contribution in [0, 0.1) is 5.92 Å². The Hall–Kier alpha value is -0.0800. The predicted octanol–water partition coefficient (Wildman–Crippen LogP) is 2.20. The van der Waals surface area contributed by atoms with Crippen molar-refractivity contribution in [1.29, 1.82) is 0 Å². The summed E-state index contributed by atoms with van der Waals surface area (Å²) in [6.45, 7) is 4.26. The highest BCUT2D eigenvalue weighted by molar-refractivity contribution is 5.02. The number of nitrogens with two attached hydrogens (primary N) is 1. The normalized spacial score (nSPS) is 24.2. The minimum atomic E-state index is 0.124. The zero-order valence-electron chi connectivity index (χ0n) is 8.97. The van der Waals surface area contributed by atoms with Crippen LogP contribution < -0.4 is 11.1 Å². The number of hydrogen-bond acceptors (Lipinski definition) is 2. The Morgan fingerprint density at radius 3 is 2.38 bits per heavy atom. The van der Waals surface area contributed by atoms with Crippen LogP contribution >= 0.6 is 0 Å². The van der Waals surface area contributed by atoms with Crippen LogP contribution in [0.3, 0.4) is 0 Å². The second kappa shape index (κ2) is 5.61. The van der Waals surface area contributed by atoms with E-state index in [2.05, 4.69) is 12.2 Å². The van der Waals surface area contributed by atoms with Crippen molar-refractivity contribution in [1.82, 2.24) is 5.32 Å². The van der Waals surface area contributed by atoms with Gasteiger partial charge in [0.2, 0.25) is 0 Å². The van der Waals surface area contributed by atoms with Gasteiger partial charge in [0.25, 0.3) is 0 Å². The van der Waals surface area contributed by atoms with E-state index in [0.29, 0.717) is 6.04 Å². The van der Waals surface area contributed by atoms with Gasteiger partial charge in [0.05, 0.1) is 6.17 Å². The van der Waals surface area contributed by atoms with Crippen molar-refractivity contribution in [2.45, 2.75) is 64.6 Å². The van der Waals surface area contributed by atoms with Gasteiger partial charge in [-0.05, 0) is 32.1 Å². The van der Waals surface area contributed by atoms with E-state index in [9.17, 15) is 0 Å². The average Bonchev–Trinajstić information content (AvgIpc) is 2.15. The minimum absolute atomic E-state index is 0.124. The lowest BCUT2D eigenvalue weighted by Crippen LogP contribution is -2.45. The van der Waals surface area contributed by atoms with Crippen molar-refractivity contribution in [3.63, 3.8) is 0 Å². The van der Waals surface area contributed by atoms with Crippen molar-refractivity contribution >= 4 is 0 Å². The number of rotatable bonds is 4. The Morgan fingerprint density at radius 1 is 1.31 bits per heavy atom. The summed E-state index contributed by atoms with van der Waals surface area (Å²) in [6, 6.07) is 0.570. The van der Waals surface area contributed by atoms with Crippen LogP contribution in [0.15, 0.2) is 0 Å². The van der Waals surface area contributed by atoms with Crippen LogP contribution in [0.25, 0.3) is 0 Å². The van der Waals surface area contributed by atoms with Crippen LogP contribution in [0.4, 0.5) is 0 Å². The van der Waals surface area contributed by atoms with Gasteiger partial charge < -0.3 is 5.73 Å². The molecule has 0 amide bonds. The van der Waals surface area contributed by atoms with Gasteiger partial charge in [0.1, 0.15) is 0 Å². The van der Waals surface area contributed by atoms with Gasteiger partial charge in [-0.2, -0.15) is 0 Å². The number of hydrogen-bond donors (Lipinski definition) is 2. The molecule has 2 atom stereocenters. The zero-order chi connectivity index (χ0) is 9.68. The molecular formula is C11H23N2. The van der Waals surface area contributed by atoms with Gasteiger partial charge >= 0.3 is 0 Å². The smallest absolute Gasteiger partial charge is 0.0519 e. The maximum absolute atomic E-state index is 5.75. The van der Waals surface area contributed by atoms with Gasteiger partial charge in [-0.3, -0.25) is 5.32 Å². The van der Waals surface area contributed by atoms with E-state index in [1.54, 1.807) is 5.92 Å². The summed E-state index contributed by atoms with van der Waals surface area (Å²) < 4.78 is 0. The second-order valence-electron chi connectivity index (χ2n) is 4.14. The Labute approximate surface area is 82.3 Å². The third-order valence-electron chi connectivity index (χ3n) is 2.86. The second-order valence-corrected chi connectivity index (χ2v) is 4.14. The summed E-state index contributed by atoms with van der Waals surface area (Å²) in [4.78, 5) is 0. The summed E-state index contributed by atoms with van der Waals surface area (Å²) >= 11 is 0. The van der Waals surface area contributed by atoms with Crippen molar-refractivity contribution < 1.29 is 0 Å². The van der Waals surface area contributed by atoms with E-state index < -0.39 is 0 Å². The van der Waals surface area contributed by atoms with Crippen LogP contribution in [0.1, 0.15) is 52.4 Å². The van der Waals surface area contributed by atoms with Crippen molar-refractivity contribution in [3.8, 4) is 0 Å². The molecule has 0 aromatic heterocycles. The Morgan fingerprint density at radius 2 is 1.92 bits per heavy atom. The molecular weight excluding hydrogens is 160 g/mol. The van der Waals surface area contributed by atoms with E-state index in [4.69, 9.17) is 5.73 Å². The third-order valence-corrected chi connectivity index (χ3v) is 2.86. The lowest BCUT2D eigenvalue weighted by Gasteiger charge is -2.31. The third kappa shape index (κ3) is 3.65. The topological polar surface area (TPSA) is 38.0 Å². The van der Waals surface area contributed by atoms with Crippen molar-refractivity contribution in [2.75, 3.05) is 0 Å². The molecule has 1 radical (unpaired) electrons. The minimum Gasteiger partial charge on any atom is -0.316 e. The highest BCUT2D eigenvalue weighted by Gasteiger charge is 2.22. The monoisotopic (exact) mass is 183 g/mol. The molecule has 0 spiro atoms. The van der Waals surface area contributed by atoms with Crippen molar-refractivity contribution in [2.24, 2.45) is 5.73 Å². The van der Waals surface area contributed by atoms with Crippen LogP contribution in [0.2, 0.25) is 0 Å². The lowest BCUT2D eigenvalue weighted by molar-refractivity contribution is 0.386. The van der Waals surface area contributed by atoms with Crippen molar-refractivity contribution in [3.05, 3.63) is 5.92 Å². The molecule has 0 bridgehead atoms. The lowest BCUT2D eigenvalue weighted by atomic mass is 9.83. The first-order valence-corrected chi connectivity index (χ1v) is 5.60. The first-order valence-electron chi connectivity index (χ1n) is 5.60. The largest absolute Gasteiger partial charge is 0.316 e. The fourth-order valence-corrected chi connectivity index (χ4v) is 2.20. The fourth-order valence-electron chi connectivity index (χ4n) is 2.20. The summed E-state index contributed by atoms with van der Waals surface area (Å²) in [6.07, 6.45) is 8.11. The molecule has 2 heteroatoms. The summed E-state index contributed by atoms with van der Waals surface area (Å²) in [7, 11) is 0. The number of nitrogens with one attached hydrogen (secondary N) is 1. The molecule has 2 unspecified atom stereocenters. The fraction of sp³-hybridized carbons (Fsp3) is 0.909. The van der Waals surface area contributed by atoms with E-state index in [-0.39, 0.29) is 6.17 Å². The molecule has 1 saturated carbocycles. The summed E-state index contributed by atoms with van der Waals surface area (Å²) in [5.41, 5.74) is 5.75. The molecule has 1 aliphatic rings. The molecule has 3 N–H and O–H groups in total. The van der Waals surface area contributed by atoms with Crippen LogP contribution in [-0.4, -0.2) is 12.2 Å². The van der Waals surface area contributed by atoms with E-state index in [0.717, 1.165) is 0 Å². The van der Waals surface area contributed by atoms with Gasteiger partial charge in [-0.1, -0.05) is 26.2 Å².